The van der Waals surface area contributed by atoms with Crippen LogP contribution in [0.2, 0.25) is 5.02 Å². The van der Waals surface area contributed by atoms with Crippen LogP contribution in [0, 0.1) is 10.1 Å². The van der Waals surface area contributed by atoms with Gasteiger partial charge in [0, 0.05) is 26.6 Å². The smallest absolute Gasteiger partial charge is 0.330 e. The zero-order valence-electron chi connectivity index (χ0n) is 9.32. The summed E-state index contributed by atoms with van der Waals surface area (Å²) in [6, 6.07) is 9.35. The Bertz CT molecular complexity index is 610. The van der Waals surface area contributed by atoms with Crippen LogP contribution in [0.25, 0.3) is 11.3 Å². The molecule has 0 aliphatic carbocycles. The molecule has 1 aromatic heterocycles. The molecule has 0 aliphatic rings. The second kappa shape index (κ2) is 5.52. The molecule has 2 unspecified atom stereocenters. The Hall–Kier alpha value is -1.70. The van der Waals surface area contributed by atoms with Crippen LogP contribution in [0.3, 0.4) is 0 Å². The standard InChI is InChI=1S/C11H8ClNO5S/c12-8-3-1-7(2-4-8)9-5-6-10(18-9)11(13(14)15)19(16)17/h1-6,11H,(H,16,17)/p-1. The number of nitro groups is 1. The van der Waals surface area contributed by atoms with E-state index in [1.807, 2.05) is 0 Å². The molecule has 0 spiro atoms. The van der Waals surface area contributed by atoms with E-state index in [9.17, 15) is 18.9 Å². The monoisotopic (exact) mass is 300 g/mol. The average molecular weight is 301 g/mol. The summed E-state index contributed by atoms with van der Waals surface area (Å²) in [4.78, 5) is 9.74. The molecule has 2 aromatic rings. The maximum atomic E-state index is 10.8. The van der Waals surface area contributed by atoms with Gasteiger partial charge in [-0.15, -0.1) is 0 Å². The first kappa shape index (κ1) is 13.7. The topological polar surface area (TPSA) is 96.4 Å². The molecule has 8 heteroatoms. The molecule has 100 valence electrons. The fourth-order valence-corrected chi connectivity index (χ4v) is 2.11. The molecular formula is C11H7ClNO5S-. The average Bonchev–Trinajstić information content (AvgIpc) is 2.78. The van der Waals surface area contributed by atoms with Gasteiger partial charge in [-0.2, -0.15) is 0 Å². The minimum absolute atomic E-state index is 0.233. The largest absolute Gasteiger partial charge is 0.767 e. The predicted molar refractivity (Wildman–Crippen MR) is 67.8 cm³/mol. The molecule has 0 bridgehead atoms. The van der Waals surface area contributed by atoms with Crippen molar-refractivity contribution in [2.45, 2.75) is 5.37 Å². The third-order valence-electron chi connectivity index (χ3n) is 2.37. The van der Waals surface area contributed by atoms with Gasteiger partial charge < -0.3 is 8.97 Å². The van der Waals surface area contributed by atoms with Gasteiger partial charge in [0.25, 0.3) is 0 Å². The lowest BCUT2D eigenvalue weighted by molar-refractivity contribution is -0.505. The van der Waals surface area contributed by atoms with E-state index in [-0.39, 0.29) is 5.76 Å². The molecule has 0 saturated carbocycles. The summed E-state index contributed by atoms with van der Waals surface area (Å²) in [6.45, 7) is 0. The Labute approximate surface area is 115 Å². The molecule has 0 N–H and O–H groups in total. The zero-order valence-corrected chi connectivity index (χ0v) is 10.9. The highest BCUT2D eigenvalue weighted by Gasteiger charge is 2.27. The van der Waals surface area contributed by atoms with Gasteiger partial charge in [0.15, 0.2) is 5.76 Å². The molecule has 0 aliphatic heterocycles. The van der Waals surface area contributed by atoms with Crippen LogP contribution in [-0.4, -0.2) is 13.7 Å². The minimum Gasteiger partial charge on any atom is -0.767 e. The molecule has 1 heterocycles. The third-order valence-corrected chi connectivity index (χ3v) is 3.39. The summed E-state index contributed by atoms with van der Waals surface area (Å²) in [6.07, 6.45) is 0. The van der Waals surface area contributed by atoms with E-state index in [4.69, 9.17) is 16.0 Å². The first-order valence-electron chi connectivity index (χ1n) is 5.06. The van der Waals surface area contributed by atoms with Crippen LogP contribution in [0.5, 0.6) is 0 Å². The van der Waals surface area contributed by atoms with Crippen molar-refractivity contribution in [2.75, 3.05) is 0 Å². The van der Waals surface area contributed by atoms with E-state index in [0.29, 0.717) is 16.3 Å². The number of rotatable bonds is 4. The summed E-state index contributed by atoms with van der Waals surface area (Å²) < 4.78 is 26.8. The van der Waals surface area contributed by atoms with E-state index < -0.39 is 21.4 Å². The Kier molecular flexibility index (Phi) is 3.98. The lowest BCUT2D eigenvalue weighted by Crippen LogP contribution is -2.14. The Morgan fingerprint density at radius 3 is 2.37 bits per heavy atom. The Morgan fingerprint density at radius 1 is 1.21 bits per heavy atom. The second-order valence-corrected chi connectivity index (χ2v) is 5.01. The summed E-state index contributed by atoms with van der Waals surface area (Å²) in [5.74, 6) is 0.104. The highest BCUT2D eigenvalue weighted by molar-refractivity contribution is 7.79. The Morgan fingerprint density at radius 2 is 1.84 bits per heavy atom. The van der Waals surface area contributed by atoms with E-state index in [1.54, 1.807) is 24.3 Å². The van der Waals surface area contributed by atoms with E-state index in [1.165, 1.54) is 12.1 Å². The maximum Gasteiger partial charge on any atom is 0.330 e. The van der Waals surface area contributed by atoms with Gasteiger partial charge in [-0.3, -0.25) is 14.3 Å². The van der Waals surface area contributed by atoms with E-state index in [2.05, 4.69) is 0 Å². The molecule has 0 saturated heterocycles. The lowest BCUT2D eigenvalue weighted by Gasteiger charge is -2.08. The van der Waals surface area contributed by atoms with Crippen molar-refractivity contribution >= 4 is 22.7 Å². The lowest BCUT2D eigenvalue weighted by atomic mass is 10.2. The third kappa shape index (κ3) is 3.01. The molecular weight excluding hydrogens is 294 g/mol. The number of hydrogen-bond donors (Lipinski definition) is 0. The van der Waals surface area contributed by atoms with Gasteiger partial charge in [-0.05, 0) is 36.4 Å². The van der Waals surface area contributed by atoms with Gasteiger partial charge in [0.05, 0.1) is 0 Å². The fourth-order valence-electron chi connectivity index (χ4n) is 1.52. The van der Waals surface area contributed by atoms with Crippen molar-refractivity contribution in [3.63, 3.8) is 0 Å². The number of hydrogen-bond acceptors (Lipinski definition) is 5. The molecule has 6 nitrogen and oxygen atoms in total. The first-order chi connectivity index (χ1) is 8.99. The molecule has 19 heavy (non-hydrogen) atoms. The second-order valence-electron chi connectivity index (χ2n) is 3.61. The molecule has 0 fully saturated rings. The number of furan rings is 1. The van der Waals surface area contributed by atoms with Crippen molar-refractivity contribution in [1.29, 1.82) is 0 Å². The maximum absolute atomic E-state index is 10.8. The van der Waals surface area contributed by atoms with Crippen LogP contribution in [0.4, 0.5) is 0 Å². The van der Waals surface area contributed by atoms with Crippen LogP contribution in [0.1, 0.15) is 11.1 Å². The minimum atomic E-state index is -2.90. The molecule has 2 atom stereocenters. The van der Waals surface area contributed by atoms with Gasteiger partial charge in [-0.25, -0.2) is 0 Å². The Balaban J connectivity index is 2.35. The zero-order chi connectivity index (χ0) is 14.0. The summed E-state index contributed by atoms with van der Waals surface area (Å²) in [5.41, 5.74) is 0.648. The highest BCUT2D eigenvalue weighted by atomic mass is 35.5. The van der Waals surface area contributed by atoms with Crippen molar-refractivity contribution < 1.29 is 18.1 Å². The van der Waals surface area contributed by atoms with Crippen LogP contribution < -0.4 is 0 Å². The summed E-state index contributed by atoms with van der Waals surface area (Å²) in [5, 5.41) is 9.31. The van der Waals surface area contributed by atoms with Gasteiger partial charge >= 0.3 is 5.37 Å². The van der Waals surface area contributed by atoms with Gasteiger partial charge in [0.2, 0.25) is 0 Å². The molecule has 1 aromatic carbocycles. The SMILES string of the molecule is O=[N+]([O-])C(c1ccc(-c2ccc(Cl)cc2)o1)S(=O)[O-]. The number of benzene rings is 1. The normalized spacial score (nSPS) is 14.0. The van der Waals surface area contributed by atoms with Crippen LogP contribution in [0.15, 0.2) is 40.8 Å². The molecule has 0 radical (unpaired) electrons. The van der Waals surface area contributed by atoms with E-state index >= 15 is 0 Å². The van der Waals surface area contributed by atoms with Crippen LogP contribution >= 0.6 is 11.6 Å². The summed E-state index contributed by atoms with van der Waals surface area (Å²) >= 11 is 2.84. The highest BCUT2D eigenvalue weighted by Crippen LogP contribution is 2.28. The van der Waals surface area contributed by atoms with Gasteiger partial charge in [-0.1, -0.05) is 11.6 Å². The molecule has 2 rings (SSSR count). The van der Waals surface area contributed by atoms with Crippen LogP contribution in [-0.2, 0) is 11.1 Å². The molecule has 0 amide bonds. The number of halogens is 1. The van der Waals surface area contributed by atoms with Gasteiger partial charge in [0.1, 0.15) is 5.76 Å². The predicted octanol–water partition coefficient (Wildman–Crippen LogP) is 2.75. The van der Waals surface area contributed by atoms with E-state index in [0.717, 1.165) is 0 Å². The first-order valence-corrected chi connectivity index (χ1v) is 6.58. The van der Waals surface area contributed by atoms with Crippen molar-refractivity contribution in [1.82, 2.24) is 0 Å². The van der Waals surface area contributed by atoms with Crippen molar-refractivity contribution in [3.05, 3.63) is 57.3 Å². The van der Waals surface area contributed by atoms with Crippen molar-refractivity contribution in [3.8, 4) is 11.3 Å². The summed E-state index contributed by atoms with van der Waals surface area (Å²) in [7, 11) is 0. The van der Waals surface area contributed by atoms with Crippen molar-refractivity contribution in [2.24, 2.45) is 0 Å². The quantitative estimate of drug-likeness (QED) is 0.491. The fraction of sp³-hybridized carbons (Fsp3) is 0.0909. The number of nitrogens with zero attached hydrogens (tertiary/aromatic N) is 1.